The number of aromatic amines is 1. The molecule has 0 aliphatic rings. The number of H-pyrrole nitrogens is 1. The van der Waals surface area contributed by atoms with Crippen molar-refractivity contribution in [3.05, 3.63) is 70.4 Å². The number of rotatable bonds is 5. The van der Waals surface area contributed by atoms with Crippen molar-refractivity contribution in [1.29, 1.82) is 0 Å². The molecule has 0 aliphatic heterocycles. The summed E-state index contributed by atoms with van der Waals surface area (Å²) in [5, 5.41) is 8.77. The number of aromatic nitrogens is 3. The summed E-state index contributed by atoms with van der Waals surface area (Å²) >= 11 is 0. The van der Waals surface area contributed by atoms with Gasteiger partial charge in [-0.1, -0.05) is 26.8 Å². The van der Waals surface area contributed by atoms with Crippen molar-refractivity contribution in [3.63, 3.8) is 0 Å². The van der Waals surface area contributed by atoms with E-state index >= 15 is 0 Å². The molecule has 2 heterocycles. The fourth-order valence-corrected chi connectivity index (χ4v) is 2.88. The molecule has 0 amide bonds. The maximum atomic E-state index is 13.3. The summed E-state index contributed by atoms with van der Waals surface area (Å²) in [5.41, 5.74) is 2.44. The molecule has 0 aliphatic carbocycles. The smallest absolute Gasteiger partial charge is 0.254 e. The minimum Gasteiger partial charge on any atom is -0.309 e. The van der Waals surface area contributed by atoms with Gasteiger partial charge in [0.05, 0.1) is 11.4 Å². The van der Waals surface area contributed by atoms with Crippen molar-refractivity contribution in [1.82, 2.24) is 20.1 Å². The second-order valence-corrected chi connectivity index (χ2v) is 7.29. The standard InChI is InChI=1S/C20H23FN4O/c1-5-10-22-12-13-11-16-17(20(2,3)4)24-25(18(16)23-19(13)26)15-8-6-14(21)7-9-15/h5-9,11,22H,1,10,12H2,2-4H3,(H,23,26). The molecule has 0 saturated heterocycles. The lowest BCUT2D eigenvalue weighted by molar-refractivity contribution is 0.564. The Bertz CT molecular complexity index is 994. The maximum absolute atomic E-state index is 13.3. The van der Waals surface area contributed by atoms with E-state index in [-0.39, 0.29) is 16.8 Å². The van der Waals surface area contributed by atoms with Gasteiger partial charge in [0.25, 0.3) is 5.56 Å². The molecule has 2 aromatic heterocycles. The number of nitrogens with one attached hydrogen (secondary N) is 2. The van der Waals surface area contributed by atoms with E-state index in [4.69, 9.17) is 5.10 Å². The first-order valence-corrected chi connectivity index (χ1v) is 8.54. The molecular weight excluding hydrogens is 331 g/mol. The van der Waals surface area contributed by atoms with E-state index in [1.165, 1.54) is 12.1 Å². The van der Waals surface area contributed by atoms with E-state index in [1.807, 2.05) is 6.07 Å². The van der Waals surface area contributed by atoms with Crippen LogP contribution in [0.5, 0.6) is 0 Å². The molecule has 26 heavy (non-hydrogen) atoms. The zero-order chi connectivity index (χ0) is 18.9. The van der Waals surface area contributed by atoms with Crippen molar-refractivity contribution in [2.75, 3.05) is 6.54 Å². The molecule has 136 valence electrons. The molecule has 0 unspecified atom stereocenters. The van der Waals surface area contributed by atoms with E-state index in [9.17, 15) is 9.18 Å². The summed E-state index contributed by atoms with van der Waals surface area (Å²) in [6.45, 7) is 11.0. The lowest BCUT2D eigenvalue weighted by atomic mass is 9.90. The minimum absolute atomic E-state index is 0.169. The topological polar surface area (TPSA) is 62.7 Å². The molecule has 0 fully saturated rings. The van der Waals surface area contributed by atoms with Crippen molar-refractivity contribution < 1.29 is 4.39 Å². The highest BCUT2D eigenvalue weighted by atomic mass is 19.1. The monoisotopic (exact) mass is 354 g/mol. The van der Waals surface area contributed by atoms with E-state index in [0.717, 1.165) is 11.1 Å². The van der Waals surface area contributed by atoms with Gasteiger partial charge in [-0.3, -0.25) is 4.79 Å². The summed E-state index contributed by atoms with van der Waals surface area (Å²) in [4.78, 5) is 15.4. The first kappa shape index (κ1) is 18.1. The fraction of sp³-hybridized carbons (Fsp3) is 0.300. The average molecular weight is 354 g/mol. The minimum atomic E-state index is -0.315. The van der Waals surface area contributed by atoms with Crippen LogP contribution in [-0.4, -0.2) is 21.3 Å². The molecule has 0 saturated carbocycles. The number of nitrogens with zero attached hydrogens (tertiary/aromatic N) is 2. The average Bonchev–Trinajstić information content (AvgIpc) is 2.94. The predicted octanol–water partition coefficient (Wildman–Crippen LogP) is 3.43. The number of pyridine rings is 1. The largest absolute Gasteiger partial charge is 0.309 e. The first-order chi connectivity index (χ1) is 12.3. The van der Waals surface area contributed by atoms with Gasteiger partial charge in [0.15, 0.2) is 0 Å². The van der Waals surface area contributed by atoms with Crippen LogP contribution in [0.1, 0.15) is 32.0 Å². The molecule has 6 heteroatoms. The summed E-state index contributed by atoms with van der Waals surface area (Å²) in [6.07, 6.45) is 1.75. The first-order valence-electron chi connectivity index (χ1n) is 8.54. The van der Waals surface area contributed by atoms with Gasteiger partial charge in [0.2, 0.25) is 0 Å². The van der Waals surface area contributed by atoms with E-state index in [1.54, 1.807) is 22.9 Å². The van der Waals surface area contributed by atoms with Crippen molar-refractivity contribution in [2.45, 2.75) is 32.7 Å². The zero-order valence-corrected chi connectivity index (χ0v) is 15.3. The summed E-state index contributed by atoms with van der Waals surface area (Å²) in [7, 11) is 0. The van der Waals surface area contributed by atoms with Crippen LogP contribution in [0.3, 0.4) is 0 Å². The Labute approximate surface area is 151 Å². The molecule has 0 radical (unpaired) electrons. The van der Waals surface area contributed by atoms with Crippen molar-refractivity contribution in [2.24, 2.45) is 0 Å². The number of fused-ring (bicyclic) bond motifs is 1. The molecular formula is C20H23FN4O. The highest BCUT2D eigenvalue weighted by molar-refractivity contribution is 5.81. The molecule has 3 aromatic rings. The summed E-state index contributed by atoms with van der Waals surface area (Å²) < 4.78 is 14.9. The van der Waals surface area contributed by atoms with E-state index in [2.05, 4.69) is 37.7 Å². The van der Waals surface area contributed by atoms with Gasteiger partial charge in [0.1, 0.15) is 11.5 Å². The predicted molar refractivity (Wildman–Crippen MR) is 102 cm³/mol. The number of benzene rings is 1. The fourth-order valence-electron chi connectivity index (χ4n) is 2.88. The Morgan fingerprint density at radius 1 is 1.31 bits per heavy atom. The molecule has 0 atom stereocenters. The molecule has 0 bridgehead atoms. The van der Waals surface area contributed by atoms with Crippen molar-refractivity contribution >= 4 is 11.0 Å². The van der Waals surface area contributed by atoms with E-state index in [0.29, 0.717) is 30.0 Å². The van der Waals surface area contributed by atoms with Gasteiger partial charge in [-0.25, -0.2) is 9.07 Å². The van der Waals surface area contributed by atoms with Crippen LogP contribution < -0.4 is 10.9 Å². The Hall–Kier alpha value is -2.73. The molecule has 3 rings (SSSR count). The van der Waals surface area contributed by atoms with Crippen LogP contribution in [0.25, 0.3) is 16.7 Å². The van der Waals surface area contributed by atoms with Gasteiger partial charge in [0, 0.05) is 29.5 Å². The quantitative estimate of drug-likeness (QED) is 0.545. The van der Waals surface area contributed by atoms with Crippen molar-refractivity contribution in [3.8, 4) is 5.69 Å². The van der Waals surface area contributed by atoms with Gasteiger partial charge >= 0.3 is 0 Å². The van der Waals surface area contributed by atoms with Crippen LogP contribution in [0.15, 0.2) is 47.8 Å². The second kappa shape index (κ2) is 6.88. The van der Waals surface area contributed by atoms with E-state index < -0.39 is 0 Å². The lowest BCUT2D eigenvalue weighted by Crippen LogP contribution is -2.21. The van der Waals surface area contributed by atoms with Gasteiger partial charge in [-0.15, -0.1) is 6.58 Å². The Kier molecular flexibility index (Phi) is 4.78. The molecule has 1 aromatic carbocycles. The summed E-state index contributed by atoms with van der Waals surface area (Å²) in [6, 6.07) is 7.94. The number of hydrogen-bond donors (Lipinski definition) is 2. The Morgan fingerprint density at radius 3 is 2.62 bits per heavy atom. The zero-order valence-electron chi connectivity index (χ0n) is 15.3. The highest BCUT2D eigenvalue weighted by Gasteiger charge is 2.24. The Balaban J connectivity index is 2.21. The maximum Gasteiger partial charge on any atom is 0.254 e. The number of hydrogen-bond acceptors (Lipinski definition) is 3. The van der Waals surface area contributed by atoms with Gasteiger partial charge in [-0.2, -0.15) is 5.10 Å². The van der Waals surface area contributed by atoms with Gasteiger partial charge in [-0.05, 0) is 30.3 Å². The summed E-state index contributed by atoms with van der Waals surface area (Å²) in [5.74, 6) is -0.315. The van der Waals surface area contributed by atoms with Crippen LogP contribution in [0.2, 0.25) is 0 Å². The second-order valence-electron chi connectivity index (χ2n) is 7.29. The third kappa shape index (κ3) is 3.46. The highest BCUT2D eigenvalue weighted by Crippen LogP contribution is 2.29. The van der Waals surface area contributed by atoms with Crippen LogP contribution in [-0.2, 0) is 12.0 Å². The van der Waals surface area contributed by atoms with Crippen LogP contribution in [0, 0.1) is 5.82 Å². The van der Waals surface area contributed by atoms with Crippen LogP contribution in [0.4, 0.5) is 4.39 Å². The lowest BCUT2D eigenvalue weighted by Gasteiger charge is -2.15. The SMILES string of the molecule is C=CCNCc1cc2c(C(C)(C)C)nn(-c3ccc(F)cc3)c2[nH]c1=O. The third-order valence-corrected chi connectivity index (χ3v) is 4.15. The van der Waals surface area contributed by atoms with Crippen LogP contribution >= 0.6 is 0 Å². The molecule has 2 N–H and O–H groups in total. The van der Waals surface area contributed by atoms with Gasteiger partial charge < -0.3 is 10.3 Å². The molecule has 5 nitrogen and oxygen atoms in total. The molecule has 0 spiro atoms. The third-order valence-electron chi connectivity index (χ3n) is 4.15. The number of halogens is 1. The normalized spacial score (nSPS) is 11.8. The Morgan fingerprint density at radius 2 is 2.00 bits per heavy atom.